The summed E-state index contributed by atoms with van der Waals surface area (Å²) in [6.45, 7) is 8.60. The van der Waals surface area contributed by atoms with Gasteiger partial charge in [0, 0.05) is 43.9 Å². The maximum absolute atomic E-state index is 13.2. The summed E-state index contributed by atoms with van der Waals surface area (Å²) in [4.78, 5) is 42.0. The van der Waals surface area contributed by atoms with Gasteiger partial charge in [0.25, 0.3) is 5.91 Å². The Labute approximate surface area is 223 Å². The number of phenolic OH excluding ortho intramolecular Hbond substituents is 1. The molecule has 0 spiro atoms. The van der Waals surface area contributed by atoms with Crippen molar-refractivity contribution in [2.75, 3.05) is 31.5 Å². The van der Waals surface area contributed by atoms with Crippen molar-refractivity contribution in [2.24, 2.45) is 0 Å². The molecule has 0 aromatic heterocycles. The number of phenols is 1. The van der Waals surface area contributed by atoms with Crippen molar-refractivity contribution in [2.45, 2.75) is 52.1 Å². The molecule has 4 rings (SSSR count). The molecule has 202 valence electrons. The molecule has 1 amide bonds. The second-order valence-corrected chi connectivity index (χ2v) is 9.48. The van der Waals surface area contributed by atoms with E-state index in [1.165, 1.54) is 0 Å². The van der Waals surface area contributed by atoms with E-state index in [0.29, 0.717) is 18.8 Å². The molecule has 0 radical (unpaired) electrons. The fourth-order valence-electron chi connectivity index (χ4n) is 5.13. The van der Waals surface area contributed by atoms with Crippen LogP contribution in [0.15, 0.2) is 48.6 Å². The molecule has 1 fully saturated rings. The van der Waals surface area contributed by atoms with Crippen molar-refractivity contribution in [3.63, 3.8) is 0 Å². The van der Waals surface area contributed by atoms with Crippen LogP contribution in [0.5, 0.6) is 17.2 Å². The van der Waals surface area contributed by atoms with Gasteiger partial charge < -0.3 is 24.8 Å². The molecule has 9 heteroatoms. The standard InChI is InChI=1S/C29H35N3O6/c1-4-15-32-16-14-20(18-24(32)19-8-7-9-21(33)17-19)30-23-11-10-22(29(36)31(5-2)6-3)27-28(23)38-26(35)13-12-25(34)37-27/h7-13,17,20,24,30,33H,4-6,14-16,18H2,1-3H3/b13-12+. The van der Waals surface area contributed by atoms with Crippen LogP contribution >= 0.6 is 0 Å². The normalized spacial score (nSPS) is 20.4. The number of fused-ring (bicyclic) bond motifs is 1. The number of likely N-dealkylation sites (tertiary alicyclic amines) is 1. The van der Waals surface area contributed by atoms with Gasteiger partial charge in [-0.15, -0.1) is 0 Å². The Morgan fingerprint density at radius 2 is 1.76 bits per heavy atom. The number of rotatable bonds is 8. The van der Waals surface area contributed by atoms with Gasteiger partial charge in [-0.3, -0.25) is 9.69 Å². The Morgan fingerprint density at radius 3 is 2.42 bits per heavy atom. The number of carbonyl (C=O) groups excluding carboxylic acids is 3. The third-order valence-corrected chi connectivity index (χ3v) is 6.99. The lowest BCUT2D eigenvalue weighted by atomic mass is 9.91. The zero-order valence-electron chi connectivity index (χ0n) is 22.1. The molecular formula is C29H35N3O6. The molecule has 1 saturated heterocycles. The monoisotopic (exact) mass is 521 g/mol. The third-order valence-electron chi connectivity index (χ3n) is 6.99. The smallest absolute Gasteiger partial charge is 0.336 e. The molecule has 38 heavy (non-hydrogen) atoms. The summed E-state index contributed by atoms with van der Waals surface area (Å²) in [7, 11) is 0. The van der Waals surface area contributed by atoms with E-state index in [2.05, 4.69) is 17.1 Å². The number of carbonyl (C=O) groups is 3. The van der Waals surface area contributed by atoms with Crippen molar-refractivity contribution < 1.29 is 29.0 Å². The lowest BCUT2D eigenvalue weighted by Gasteiger charge is -2.40. The van der Waals surface area contributed by atoms with E-state index in [0.717, 1.165) is 50.1 Å². The maximum Gasteiger partial charge on any atom is 0.336 e. The molecule has 2 heterocycles. The van der Waals surface area contributed by atoms with Crippen LogP contribution in [0.2, 0.25) is 0 Å². The number of esters is 2. The molecule has 2 aliphatic heterocycles. The van der Waals surface area contributed by atoms with Crippen LogP contribution in [0.1, 0.15) is 62.0 Å². The van der Waals surface area contributed by atoms with Crippen molar-refractivity contribution in [3.05, 3.63) is 59.7 Å². The van der Waals surface area contributed by atoms with Crippen LogP contribution in [-0.2, 0) is 9.59 Å². The predicted octanol–water partition coefficient (Wildman–Crippen LogP) is 4.28. The van der Waals surface area contributed by atoms with Crippen LogP contribution < -0.4 is 14.8 Å². The average Bonchev–Trinajstić information content (AvgIpc) is 2.90. The fraction of sp³-hybridized carbons (Fsp3) is 0.414. The zero-order chi connectivity index (χ0) is 27.2. The molecule has 9 nitrogen and oxygen atoms in total. The second-order valence-electron chi connectivity index (χ2n) is 9.48. The van der Waals surface area contributed by atoms with Gasteiger partial charge >= 0.3 is 11.9 Å². The predicted molar refractivity (Wildman–Crippen MR) is 143 cm³/mol. The molecule has 2 atom stereocenters. The van der Waals surface area contributed by atoms with E-state index in [1.54, 1.807) is 29.2 Å². The summed E-state index contributed by atoms with van der Waals surface area (Å²) >= 11 is 0. The topological polar surface area (TPSA) is 108 Å². The summed E-state index contributed by atoms with van der Waals surface area (Å²) in [5.41, 5.74) is 1.66. The van der Waals surface area contributed by atoms with Crippen molar-refractivity contribution in [1.29, 1.82) is 0 Å². The first-order valence-corrected chi connectivity index (χ1v) is 13.2. The highest BCUT2D eigenvalue weighted by atomic mass is 16.6. The Balaban J connectivity index is 1.68. The number of piperidine rings is 1. The van der Waals surface area contributed by atoms with E-state index < -0.39 is 11.9 Å². The third kappa shape index (κ3) is 5.99. The molecule has 0 aliphatic carbocycles. The summed E-state index contributed by atoms with van der Waals surface area (Å²) in [6.07, 6.45) is 4.58. The molecule has 2 aromatic carbocycles. The first-order valence-electron chi connectivity index (χ1n) is 13.2. The Morgan fingerprint density at radius 1 is 1.05 bits per heavy atom. The van der Waals surface area contributed by atoms with Crippen LogP contribution in [0.4, 0.5) is 5.69 Å². The maximum atomic E-state index is 13.2. The fourth-order valence-corrected chi connectivity index (χ4v) is 5.13. The molecule has 2 N–H and O–H groups in total. The number of aromatic hydroxyl groups is 1. The van der Waals surface area contributed by atoms with Crippen LogP contribution in [0.3, 0.4) is 0 Å². The van der Waals surface area contributed by atoms with Gasteiger partial charge in [0.1, 0.15) is 5.75 Å². The first-order chi connectivity index (χ1) is 18.3. The zero-order valence-corrected chi connectivity index (χ0v) is 22.1. The largest absolute Gasteiger partial charge is 0.508 e. The quantitative estimate of drug-likeness (QED) is 0.391. The number of hydrogen-bond donors (Lipinski definition) is 2. The highest BCUT2D eigenvalue weighted by Gasteiger charge is 2.32. The van der Waals surface area contributed by atoms with Gasteiger partial charge in [0.15, 0.2) is 11.5 Å². The van der Waals surface area contributed by atoms with Crippen molar-refractivity contribution >= 4 is 23.5 Å². The number of hydrogen-bond acceptors (Lipinski definition) is 8. The molecule has 0 bridgehead atoms. The van der Waals surface area contributed by atoms with Crippen LogP contribution in [-0.4, -0.2) is 65.0 Å². The highest BCUT2D eigenvalue weighted by molar-refractivity contribution is 6.03. The van der Waals surface area contributed by atoms with E-state index in [4.69, 9.17) is 9.47 Å². The van der Waals surface area contributed by atoms with E-state index in [9.17, 15) is 19.5 Å². The molecular weight excluding hydrogens is 486 g/mol. The summed E-state index contributed by atoms with van der Waals surface area (Å²) in [6, 6.07) is 10.7. The highest BCUT2D eigenvalue weighted by Crippen LogP contribution is 2.42. The number of amides is 1. The first kappa shape index (κ1) is 27.2. The van der Waals surface area contributed by atoms with E-state index >= 15 is 0 Å². The number of nitrogens with one attached hydrogen (secondary N) is 1. The minimum Gasteiger partial charge on any atom is -0.508 e. The summed E-state index contributed by atoms with van der Waals surface area (Å²) in [5, 5.41) is 13.6. The lowest BCUT2D eigenvalue weighted by Crippen LogP contribution is -2.42. The minimum absolute atomic E-state index is 0.000671. The number of nitrogens with zero attached hydrogens (tertiary/aromatic N) is 2. The van der Waals surface area contributed by atoms with Gasteiger partial charge in [-0.1, -0.05) is 19.1 Å². The second kappa shape index (κ2) is 12.1. The number of anilines is 1. The van der Waals surface area contributed by atoms with Crippen molar-refractivity contribution in [1.82, 2.24) is 9.80 Å². The summed E-state index contributed by atoms with van der Waals surface area (Å²) < 4.78 is 11.1. The van der Waals surface area contributed by atoms with Gasteiger partial charge in [-0.25, -0.2) is 9.59 Å². The SMILES string of the molecule is CCCN1CCC(Nc2ccc(C(=O)N(CC)CC)c3c2OC(=O)/C=C/C(=O)O3)CC1c1cccc(O)c1. The van der Waals surface area contributed by atoms with E-state index in [1.807, 2.05) is 26.0 Å². The molecule has 2 aromatic rings. The minimum atomic E-state index is -0.759. The average molecular weight is 522 g/mol. The molecule has 0 saturated carbocycles. The van der Waals surface area contributed by atoms with E-state index in [-0.39, 0.29) is 40.8 Å². The van der Waals surface area contributed by atoms with Crippen molar-refractivity contribution in [3.8, 4) is 17.2 Å². The molecule has 2 aliphatic rings. The Hall–Kier alpha value is -3.85. The Kier molecular flexibility index (Phi) is 8.68. The number of benzene rings is 2. The van der Waals surface area contributed by atoms with Crippen LogP contribution in [0.25, 0.3) is 0 Å². The van der Waals surface area contributed by atoms with Crippen LogP contribution in [0, 0.1) is 0 Å². The van der Waals surface area contributed by atoms with Gasteiger partial charge in [0.2, 0.25) is 0 Å². The number of ether oxygens (including phenoxy) is 2. The van der Waals surface area contributed by atoms with Gasteiger partial charge in [-0.2, -0.15) is 0 Å². The molecule has 2 unspecified atom stereocenters. The lowest BCUT2D eigenvalue weighted by molar-refractivity contribution is -0.133. The van der Waals surface area contributed by atoms with Gasteiger partial charge in [-0.05, 0) is 69.5 Å². The van der Waals surface area contributed by atoms with Gasteiger partial charge in [0.05, 0.1) is 11.3 Å². The Bertz CT molecular complexity index is 1220. The summed E-state index contributed by atoms with van der Waals surface area (Å²) in [5.74, 6) is -1.62.